The van der Waals surface area contributed by atoms with E-state index in [1.807, 2.05) is 56.3 Å². The highest BCUT2D eigenvalue weighted by molar-refractivity contribution is 5.93. The molecule has 3 aromatic carbocycles. The van der Waals surface area contributed by atoms with Gasteiger partial charge in [0.15, 0.2) is 0 Å². The number of carbonyl (C=O) groups is 1. The summed E-state index contributed by atoms with van der Waals surface area (Å²) in [6, 6.07) is 15.7. The maximum Gasteiger partial charge on any atom is 0.307 e. The fourth-order valence-electron chi connectivity index (χ4n) is 2.85. The summed E-state index contributed by atoms with van der Waals surface area (Å²) >= 11 is 0. The normalized spacial score (nSPS) is 10.8. The van der Waals surface area contributed by atoms with Crippen molar-refractivity contribution < 1.29 is 14.6 Å². The molecule has 0 aliphatic carbocycles. The molecule has 3 rings (SSSR count). The number of hydrogen-bond donors (Lipinski definition) is 1. The minimum atomic E-state index is -0.832. The van der Waals surface area contributed by atoms with E-state index in [0.29, 0.717) is 0 Å². The molecule has 0 bridgehead atoms. The number of benzene rings is 3. The number of hydrogen-bond acceptors (Lipinski definition) is 2. The van der Waals surface area contributed by atoms with Crippen LogP contribution in [0.4, 0.5) is 0 Å². The molecule has 0 radical (unpaired) electrons. The van der Waals surface area contributed by atoms with Crippen LogP contribution in [0.2, 0.25) is 0 Å². The lowest BCUT2D eigenvalue weighted by Gasteiger charge is -2.14. The topological polar surface area (TPSA) is 46.5 Å². The van der Waals surface area contributed by atoms with E-state index in [2.05, 4.69) is 13.0 Å². The van der Waals surface area contributed by atoms with Crippen LogP contribution >= 0.6 is 0 Å². The molecule has 0 atom stereocenters. The molecule has 0 aromatic heterocycles. The number of ether oxygens (including phenoxy) is 1. The first kappa shape index (κ1) is 16.1. The van der Waals surface area contributed by atoms with Crippen LogP contribution in [0.3, 0.4) is 0 Å². The van der Waals surface area contributed by atoms with Crippen LogP contribution in [0.25, 0.3) is 10.8 Å². The Kier molecular flexibility index (Phi) is 4.26. The Morgan fingerprint density at radius 1 is 0.958 bits per heavy atom. The molecule has 0 aliphatic heterocycles. The van der Waals surface area contributed by atoms with E-state index in [0.717, 1.165) is 39.0 Å². The van der Waals surface area contributed by atoms with Crippen LogP contribution in [0.5, 0.6) is 11.5 Å². The first-order valence-corrected chi connectivity index (χ1v) is 7.94. The number of rotatable bonds is 4. The van der Waals surface area contributed by atoms with E-state index in [4.69, 9.17) is 9.84 Å². The second-order valence-corrected chi connectivity index (χ2v) is 6.14. The molecule has 24 heavy (non-hydrogen) atoms. The van der Waals surface area contributed by atoms with Crippen molar-refractivity contribution in [3.05, 3.63) is 70.8 Å². The van der Waals surface area contributed by atoms with Crippen molar-refractivity contribution >= 4 is 16.7 Å². The monoisotopic (exact) mass is 320 g/mol. The summed E-state index contributed by atoms with van der Waals surface area (Å²) in [7, 11) is 0. The summed E-state index contributed by atoms with van der Waals surface area (Å²) in [6.45, 7) is 6.09. The summed E-state index contributed by atoms with van der Waals surface area (Å²) < 4.78 is 6.16. The Balaban J connectivity index is 2.12. The van der Waals surface area contributed by atoms with E-state index in [-0.39, 0.29) is 6.42 Å². The third-order valence-corrected chi connectivity index (χ3v) is 4.34. The average Bonchev–Trinajstić information content (AvgIpc) is 2.53. The minimum absolute atomic E-state index is 0.00368. The Morgan fingerprint density at radius 3 is 2.50 bits per heavy atom. The predicted octanol–water partition coefficient (Wildman–Crippen LogP) is 5.18. The van der Waals surface area contributed by atoms with Crippen molar-refractivity contribution in [2.75, 3.05) is 0 Å². The predicted molar refractivity (Wildman–Crippen MR) is 96.0 cm³/mol. The average molecular weight is 320 g/mol. The Hall–Kier alpha value is -2.81. The van der Waals surface area contributed by atoms with Crippen molar-refractivity contribution in [2.45, 2.75) is 27.2 Å². The lowest BCUT2D eigenvalue weighted by Crippen LogP contribution is -2.01. The van der Waals surface area contributed by atoms with Crippen molar-refractivity contribution in [1.82, 2.24) is 0 Å². The molecule has 122 valence electrons. The first-order chi connectivity index (χ1) is 11.5. The first-order valence-electron chi connectivity index (χ1n) is 7.94. The van der Waals surface area contributed by atoms with Gasteiger partial charge >= 0.3 is 5.97 Å². The summed E-state index contributed by atoms with van der Waals surface area (Å²) in [5.41, 5.74) is 4.18. The lowest BCUT2D eigenvalue weighted by atomic mass is 9.99. The second kappa shape index (κ2) is 6.36. The maximum atomic E-state index is 11.1. The van der Waals surface area contributed by atoms with E-state index in [1.165, 1.54) is 5.56 Å². The van der Waals surface area contributed by atoms with Crippen LogP contribution in [0.15, 0.2) is 48.5 Å². The Bertz CT molecular complexity index is 926. The van der Waals surface area contributed by atoms with Gasteiger partial charge in [0.1, 0.15) is 11.5 Å². The third-order valence-electron chi connectivity index (χ3n) is 4.34. The fourth-order valence-corrected chi connectivity index (χ4v) is 2.85. The highest BCUT2D eigenvalue weighted by Crippen LogP contribution is 2.34. The molecule has 0 heterocycles. The van der Waals surface area contributed by atoms with Gasteiger partial charge in [-0.25, -0.2) is 0 Å². The van der Waals surface area contributed by atoms with E-state index >= 15 is 0 Å². The Morgan fingerprint density at radius 2 is 1.75 bits per heavy atom. The van der Waals surface area contributed by atoms with Crippen LogP contribution < -0.4 is 4.74 Å². The van der Waals surface area contributed by atoms with Gasteiger partial charge in [0.25, 0.3) is 0 Å². The molecule has 0 amide bonds. The lowest BCUT2D eigenvalue weighted by molar-refractivity contribution is -0.136. The molecule has 0 spiro atoms. The summed E-state index contributed by atoms with van der Waals surface area (Å²) in [4.78, 5) is 11.1. The van der Waals surface area contributed by atoms with Crippen LogP contribution in [0.1, 0.15) is 22.3 Å². The molecular weight excluding hydrogens is 300 g/mol. The summed E-state index contributed by atoms with van der Waals surface area (Å²) in [6.07, 6.45) is 0.00368. The van der Waals surface area contributed by atoms with Gasteiger partial charge < -0.3 is 9.84 Å². The minimum Gasteiger partial charge on any atom is -0.481 e. The number of carboxylic acid groups (broad SMARTS) is 1. The molecule has 3 aromatic rings. The number of fused-ring (bicyclic) bond motifs is 1. The van der Waals surface area contributed by atoms with Crippen LogP contribution in [0, 0.1) is 20.8 Å². The van der Waals surface area contributed by atoms with Crippen molar-refractivity contribution in [3.63, 3.8) is 0 Å². The fraction of sp³-hybridized carbons (Fsp3) is 0.190. The molecule has 0 saturated heterocycles. The molecular formula is C21H20O3. The number of aryl methyl sites for hydroxylation is 2. The van der Waals surface area contributed by atoms with Gasteiger partial charge in [-0.3, -0.25) is 4.79 Å². The van der Waals surface area contributed by atoms with Gasteiger partial charge in [0.2, 0.25) is 0 Å². The van der Waals surface area contributed by atoms with Gasteiger partial charge in [-0.2, -0.15) is 0 Å². The van der Waals surface area contributed by atoms with Gasteiger partial charge in [0.05, 0.1) is 6.42 Å². The molecule has 3 nitrogen and oxygen atoms in total. The molecule has 0 fully saturated rings. The largest absolute Gasteiger partial charge is 0.481 e. The van der Waals surface area contributed by atoms with Crippen molar-refractivity contribution in [3.8, 4) is 11.5 Å². The standard InChI is InChI=1S/C21H20O3/c1-13-7-9-17-18(11-13)16(12-21(22)23)8-10-20(17)24-19-6-4-5-14(2)15(19)3/h4-11H,12H2,1-3H3,(H,22,23). The van der Waals surface area contributed by atoms with E-state index in [9.17, 15) is 4.79 Å². The van der Waals surface area contributed by atoms with E-state index < -0.39 is 5.97 Å². The molecule has 3 heteroatoms. The van der Waals surface area contributed by atoms with Gasteiger partial charge in [-0.1, -0.05) is 42.0 Å². The molecule has 0 saturated carbocycles. The number of aliphatic carboxylic acids is 1. The second-order valence-electron chi connectivity index (χ2n) is 6.14. The van der Waals surface area contributed by atoms with Gasteiger partial charge in [-0.15, -0.1) is 0 Å². The summed E-state index contributed by atoms with van der Waals surface area (Å²) in [5, 5.41) is 11.0. The smallest absolute Gasteiger partial charge is 0.307 e. The Labute approximate surface area is 141 Å². The SMILES string of the molecule is Cc1ccc2c(Oc3cccc(C)c3C)ccc(CC(=O)O)c2c1. The summed E-state index contributed by atoms with van der Waals surface area (Å²) in [5.74, 6) is 0.733. The van der Waals surface area contributed by atoms with Gasteiger partial charge in [0, 0.05) is 5.39 Å². The molecule has 0 aliphatic rings. The third kappa shape index (κ3) is 3.11. The zero-order chi connectivity index (χ0) is 17.3. The molecule has 0 unspecified atom stereocenters. The highest BCUT2D eigenvalue weighted by atomic mass is 16.5. The van der Waals surface area contributed by atoms with Crippen molar-refractivity contribution in [2.24, 2.45) is 0 Å². The van der Waals surface area contributed by atoms with Crippen LogP contribution in [-0.4, -0.2) is 11.1 Å². The van der Waals surface area contributed by atoms with Crippen LogP contribution in [-0.2, 0) is 11.2 Å². The quantitative estimate of drug-likeness (QED) is 0.720. The number of carboxylic acids is 1. The maximum absolute atomic E-state index is 11.1. The highest BCUT2D eigenvalue weighted by Gasteiger charge is 2.12. The molecule has 1 N–H and O–H groups in total. The zero-order valence-electron chi connectivity index (χ0n) is 14.1. The van der Waals surface area contributed by atoms with Crippen molar-refractivity contribution in [1.29, 1.82) is 0 Å². The zero-order valence-corrected chi connectivity index (χ0v) is 14.1. The van der Waals surface area contributed by atoms with E-state index in [1.54, 1.807) is 0 Å². The van der Waals surface area contributed by atoms with Gasteiger partial charge in [-0.05, 0) is 55.0 Å².